The highest BCUT2D eigenvalue weighted by Gasteiger charge is 2.37. The number of hydrogen-bond donors (Lipinski definition) is 2. The quantitative estimate of drug-likeness (QED) is 0.856. The Bertz CT molecular complexity index is 1120. The van der Waals surface area contributed by atoms with E-state index in [1.54, 1.807) is 0 Å². The molecule has 0 spiro atoms. The molecule has 1 aliphatic heterocycles. The Morgan fingerprint density at radius 2 is 2.22 bits per heavy atom. The summed E-state index contributed by atoms with van der Waals surface area (Å²) in [6.45, 7) is -5.79. The van der Waals surface area contributed by atoms with Crippen molar-refractivity contribution in [1.82, 2.24) is 9.29 Å². The van der Waals surface area contributed by atoms with Gasteiger partial charge in [-0.2, -0.15) is 0 Å². The van der Waals surface area contributed by atoms with Crippen molar-refractivity contribution in [3.63, 3.8) is 0 Å². The summed E-state index contributed by atoms with van der Waals surface area (Å²) < 4.78 is 70.3. The lowest BCUT2D eigenvalue weighted by atomic mass is 10.1. The number of anilines is 1. The van der Waals surface area contributed by atoms with Crippen LogP contribution < -0.4 is 5.32 Å². The van der Waals surface area contributed by atoms with E-state index in [9.17, 15) is 18.3 Å². The first kappa shape index (κ1) is 9.68. The molecular formula is C14H13N3O4S2. The van der Waals surface area contributed by atoms with Gasteiger partial charge in [0.05, 0.1) is 4.90 Å². The molecule has 0 unspecified atom stereocenters. The number of aliphatic hydroxyl groups is 1. The highest BCUT2D eigenvalue weighted by molar-refractivity contribution is 7.89. The lowest BCUT2D eigenvalue weighted by Crippen LogP contribution is -2.37. The SMILES string of the molecule is [2H]C([2H])([2H])c1cnc(NC(=O)C2=C(O)c3ccccc3S(=O)(=O)N2C([2H])([2H])[2H])s1. The molecule has 2 aromatic rings. The highest BCUT2D eigenvalue weighted by Crippen LogP contribution is 2.34. The highest BCUT2D eigenvalue weighted by atomic mass is 32.2. The number of carbonyl (C=O) groups excluding carboxylic acids is 1. The van der Waals surface area contributed by atoms with Gasteiger partial charge < -0.3 is 5.11 Å². The average Bonchev–Trinajstić information content (AvgIpc) is 3.05. The summed E-state index contributed by atoms with van der Waals surface area (Å²) in [6, 6.07) is 5.09. The molecule has 1 amide bonds. The topological polar surface area (TPSA) is 99.6 Å². The van der Waals surface area contributed by atoms with Crippen LogP contribution in [0.3, 0.4) is 0 Å². The third-order valence-corrected chi connectivity index (χ3v) is 5.33. The second-order valence-corrected chi connectivity index (χ2v) is 7.23. The molecule has 2 N–H and O–H groups in total. The van der Waals surface area contributed by atoms with Gasteiger partial charge in [-0.15, -0.1) is 11.3 Å². The molecular weight excluding hydrogens is 338 g/mol. The molecule has 0 saturated carbocycles. The molecule has 1 aliphatic rings. The van der Waals surface area contributed by atoms with Crippen molar-refractivity contribution in [2.24, 2.45) is 0 Å². The molecule has 7 nitrogen and oxygen atoms in total. The van der Waals surface area contributed by atoms with Crippen molar-refractivity contribution < 1.29 is 26.5 Å². The molecule has 9 heteroatoms. The molecule has 0 aliphatic carbocycles. The number of sulfonamides is 1. The molecule has 2 heterocycles. The maximum Gasteiger partial charge on any atom is 0.278 e. The van der Waals surface area contributed by atoms with Gasteiger partial charge in [0.2, 0.25) is 0 Å². The Hall–Kier alpha value is -2.39. The Morgan fingerprint density at radius 3 is 2.91 bits per heavy atom. The van der Waals surface area contributed by atoms with Crippen molar-refractivity contribution in [2.45, 2.75) is 11.7 Å². The van der Waals surface area contributed by atoms with Crippen LogP contribution in [0, 0.1) is 6.85 Å². The van der Waals surface area contributed by atoms with Crippen LogP contribution in [0.5, 0.6) is 0 Å². The molecule has 1 aromatic carbocycles. The Kier molecular flexibility index (Phi) is 2.25. The lowest BCUT2D eigenvalue weighted by Gasteiger charge is -2.28. The van der Waals surface area contributed by atoms with Gasteiger partial charge in [0.15, 0.2) is 16.6 Å². The summed E-state index contributed by atoms with van der Waals surface area (Å²) in [4.78, 5) is 15.8. The number of carbonyl (C=O) groups is 1. The van der Waals surface area contributed by atoms with Crippen LogP contribution >= 0.6 is 11.3 Å². The zero-order valence-corrected chi connectivity index (χ0v) is 12.9. The van der Waals surface area contributed by atoms with Crippen LogP contribution in [0.25, 0.3) is 5.76 Å². The molecule has 120 valence electrons. The molecule has 0 bridgehead atoms. The number of nitrogens with one attached hydrogen (secondary N) is 1. The number of benzene rings is 1. The summed E-state index contributed by atoms with van der Waals surface area (Å²) in [7, 11) is -4.69. The van der Waals surface area contributed by atoms with Gasteiger partial charge in [-0.1, -0.05) is 12.1 Å². The molecule has 0 saturated heterocycles. The van der Waals surface area contributed by atoms with Crippen LogP contribution in [0.4, 0.5) is 5.13 Å². The van der Waals surface area contributed by atoms with E-state index in [-0.39, 0.29) is 19.9 Å². The fourth-order valence-corrected chi connectivity index (χ4v) is 3.88. The second kappa shape index (κ2) is 5.36. The van der Waals surface area contributed by atoms with Gasteiger partial charge in [-0.3, -0.25) is 14.4 Å². The third kappa shape index (κ3) is 2.47. The number of aromatic nitrogens is 1. The van der Waals surface area contributed by atoms with E-state index in [1.807, 2.05) is 0 Å². The van der Waals surface area contributed by atoms with Gasteiger partial charge in [0, 0.05) is 31.8 Å². The van der Waals surface area contributed by atoms with E-state index >= 15 is 0 Å². The normalized spacial score (nSPS) is 21.1. The summed E-state index contributed by atoms with van der Waals surface area (Å²) in [6.07, 6.45) is 1.01. The molecule has 0 radical (unpaired) electrons. The standard InChI is InChI=1S/C14H13N3O4S2/c1-8-7-15-14(22-8)16-13(19)11-12(18)9-5-3-4-6-10(9)23(20,21)17(11)2/h3-7,18H,1-2H3,(H,15,16,19)/i1D3,2D3. The minimum absolute atomic E-state index is 0.134. The molecule has 3 rings (SSSR count). The van der Waals surface area contributed by atoms with Crippen LogP contribution in [0.2, 0.25) is 0 Å². The fraction of sp³-hybridized carbons (Fsp3) is 0.143. The van der Waals surface area contributed by atoms with Crippen molar-refractivity contribution in [3.8, 4) is 0 Å². The Balaban J connectivity index is 2.12. The number of rotatable bonds is 2. The number of hydrogen-bond acceptors (Lipinski definition) is 6. The number of aliphatic hydroxyl groups excluding tert-OH is 1. The first-order valence-corrected chi connectivity index (χ1v) is 8.36. The van der Waals surface area contributed by atoms with Gasteiger partial charge in [0.1, 0.15) is 0 Å². The second-order valence-electron chi connectivity index (χ2n) is 4.45. The van der Waals surface area contributed by atoms with Crippen LogP contribution in [-0.2, 0) is 14.8 Å². The number of aryl methyl sites for hydroxylation is 1. The molecule has 0 fully saturated rings. The summed E-state index contributed by atoms with van der Waals surface area (Å²) >= 11 is 0.609. The zero-order valence-electron chi connectivity index (χ0n) is 17.3. The van der Waals surface area contributed by atoms with Crippen molar-refractivity contribution in [2.75, 3.05) is 12.3 Å². The summed E-state index contributed by atoms with van der Waals surface area (Å²) in [5, 5.41) is 12.5. The largest absolute Gasteiger partial charge is 0.505 e. The van der Waals surface area contributed by atoms with Gasteiger partial charge in [-0.05, 0) is 19.0 Å². The van der Waals surface area contributed by atoms with E-state index in [2.05, 4.69) is 10.3 Å². The maximum absolute atomic E-state index is 12.9. The number of amides is 1. The smallest absolute Gasteiger partial charge is 0.278 e. The summed E-state index contributed by atoms with van der Waals surface area (Å²) in [5.41, 5.74) is -1.25. The van der Waals surface area contributed by atoms with E-state index in [4.69, 9.17) is 8.22 Å². The van der Waals surface area contributed by atoms with Gasteiger partial charge in [0.25, 0.3) is 15.9 Å². The molecule has 23 heavy (non-hydrogen) atoms. The first-order chi connectivity index (χ1) is 13.2. The lowest BCUT2D eigenvalue weighted by molar-refractivity contribution is -0.113. The number of fused-ring (bicyclic) bond motifs is 1. The van der Waals surface area contributed by atoms with Crippen LogP contribution in [0.1, 0.15) is 18.7 Å². The van der Waals surface area contributed by atoms with Gasteiger partial charge >= 0.3 is 0 Å². The van der Waals surface area contributed by atoms with Crippen molar-refractivity contribution in [1.29, 1.82) is 0 Å². The van der Waals surface area contributed by atoms with E-state index < -0.39 is 46.1 Å². The van der Waals surface area contributed by atoms with Crippen molar-refractivity contribution in [3.05, 3.63) is 46.6 Å². The third-order valence-electron chi connectivity index (χ3n) is 3.03. The minimum atomic E-state index is -4.69. The summed E-state index contributed by atoms with van der Waals surface area (Å²) in [5.74, 6) is -2.13. The van der Waals surface area contributed by atoms with Crippen LogP contribution in [-0.4, -0.2) is 35.7 Å². The van der Waals surface area contributed by atoms with Gasteiger partial charge in [-0.25, -0.2) is 13.4 Å². The number of thiazole rings is 1. The number of likely N-dealkylation sites (N-methyl/N-ethyl adjacent to an activating group) is 1. The Labute approximate surface area is 145 Å². The van der Waals surface area contributed by atoms with Crippen molar-refractivity contribution >= 4 is 38.2 Å². The van der Waals surface area contributed by atoms with Crippen LogP contribution in [0.15, 0.2) is 41.1 Å². The zero-order chi connectivity index (χ0) is 21.8. The van der Waals surface area contributed by atoms with E-state index in [0.717, 1.165) is 12.3 Å². The van der Waals surface area contributed by atoms with E-state index in [1.165, 1.54) is 18.2 Å². The predicted molar refractivity (Wildman–Crippen MR) is 86.4 cm³/mol. The molecule has 0 atom stereocenters. The Morgan fingerprint density at radius 1 is 1.43 bits per heavy atom. The predicted octanol–water partition coefficient (Wildman–Crippen LogP) is 1.95. The van der Waals surface area contributed by atoms with E-state index in [0.29, 0.717) is 11.3 Å². The first-order valence-electron chi connectivity index (χ1n) is 9.10. The monoisotopic (exact) mass is 357 g/mol. The maximum atomic E-state index is 12.9. The fourth-order valence-electron chi connectivity index (χ4n) is 2.02. The molecule has 1 aromatic heterocycles. The minimum Gasteiger partial charge on any atom is -0.505 e. The average molecular weight is 357 g/mol. The number of nitrogens with zero attached hydrogens (tertiary/aromatic N) is 2.